The first-order valence-corrected chi connectivity index (χ1v) is 14.2. The van der Waals surface area contributed by atoms with E-state index in [9.17, 15) is 4.79 Å². The van der Waals surface area contributed by atoms with Crippen LogP contribution >= 0.6 is 12.4 Å². The van der Waals surface area contributed by atoms with Gasteiger partial charge in [-0.15, -0.1) is 12.4 Å². The molecule has 5 rings (SSSR count). The van der Waals surface area contributed by atoms with Crippen LogP contribution in [0.25, 0.3) is 0 Å². The van der Waals surface area contributed by atoms with Crippen molar-refractivity contribution in [3.05, 3.63) is 18.2 Å². The third kappa shape index (κ3) is 6.92. The van der Waals surface area contributed by atoms with E-state index in [4.69, 9.17) is 15.0 Å². The predicted molar refractivity (Wildman–Crippen MR) is 151 cm³/mol. The lowest BCUT2D eigenvalue weighted by Gasteiger charge is -2.34. The van der Waals surface area contributed by atoms with Crippen molar-refractivity contribution < 1.29 is 14.1 Å². The highest BCUT2D eigenvalue weighted by Gasteiger charge is 2.37. The van der Waals surface area contributed by atoms with Crippen molar-refractivity contribution in [2.75, 3.05) is 49.1 Å². The van der Waals surface area contributed by atoms with Gasteiger partial charge in [0.1, 0.15) is 0 Å². The molecular weight excluding hydrogens is 520 g/mol. The van der Waals surface area contributed by atoms with Gasteiger partial charge in [0.25, 0.3) is 0 Å². The summed E-state index contributed by atoms with van der Waals surface area (Å²) in [5.41, 5.74) is 7.34. The van der Waals surface area contributed by atoms with Crippen LogP contribution in [0, 0.1) is 11.8 Å². The summed E-state index contributed by atoms with van der Waals surface area (Å²) in [5.74, 6) is 2.46. The molecule has 11 nitrogen and oxygen atoms in total. The number of carbonyl (C=O) groups is 1. The lowest BCUT2D eigenvalue weighted by molar-refractivity contribution is -0.135. The maximum atomic E-state index is 12.4. The number of nitrogens with two attached hydrogens (primary N) is 1. The summed E-state index contributed by atoms with van der Waals surface area (Å²) in [6.45, 7) is 11.1. The van der Waals surface area contributed by atoms with E-state index < -0.39 is 0 Å². The predicted octanol–water partition coefficient (Wildman–Crippen LogP) is 3.25. The van der Waals surface area contributed by atoms with Crippen molar-refractivity contribution in [1.29, 1.82) is 0 Å². The Morgan fingerprint density at radius 1 is 1.08 bits per heavy atom. The van der Waals surface area contributed by atoms with E-state index in [1.54, 1.807) is 12.4 Å². The first-order chi connectivity index (χ1) is 18.4. The molecular formula is C27H43ClN8O3. The molecule has 3 aliphatic rings. The van der Waals surface area contributed by atoms with E-state index in [0.29, 0.717) is 43.4 Å². The Morgan fingerprint density at radius 2 is 1.82 bits per heavy atom. The molecule has 2 aromatic rings. The maximum absolute atomic E-state index is 12.4. The summed E-state index contributed by atoms with van der Waals surface area (Å²) >= 11 is 0. The van der Waals surface area contributed by atoms with Crippen molar-refractivity contribution in [2.45, 2.75) is 77.3 Å². The van der Waals surface area contributed by atoms with Gasteiger partial charge in [-0.05, 0) is 43.9 Å². The molecule has 2 N–H and O–H groups in total. The zero-order chi connectivity index (χ0) is 26.6. The lowest BCUT2D eigenvalue weighted by atomic mass is 9.84. The Hall–Kier alpha value is -2.66. The number of piperidine rings is 2. The van der Waals surface area contributed by atoms with Gasteiger partial charge in [0.2, 0.25) is 5.91 Å². The molecule has 0 unspecified atom stereocenters. The summed E-state index contributed by atoms with van der Waals surface area (Å²) in [4.78, 5) is 32.1. The summed E-state index contributed by atoms with van der Waals surface area (Å²) < 4.78 is 11.4. The molecule has 0 radical (unpaired) electrons. The minimum atomic E-state index is -0.0640. The second-order valence-corrected chi connectivity index (χ2v) is 11.4. The van der Waals surface area contributed by atoms with Crippen molar-refractivity contribution in [3.63, 3.8) is 0 Å². The highest BCUT2D eigenvalue weighted by molar-refractivity contribution is 5.85. The van der Waals surface area contributed by atoms with Crippen molar-refractivity contribution in [3.8, 4) is 6.01 Å². The monoisotopic (exact) mass is 562 g/mol. The Morgan fingerprint density at radius 3 is 2.49 bits per heavy atom. The fourth-order valence-corrected chi connectivity index (χ4v) is 5.90. The topological polar surface area (TPSA) is 127 Å². The highest BCUT2D eigenvalue weighted by atomic mass is 35.5. The van der Waals surface area contributed by atoms with Gasteiger partial charge in [-0.1, -0.05) is 25.9 Å². The van der Waals surface area contributed by atoms with Crippen LogP contribution in [0.1, 0.15) is 71.0 Å². The Bertz CT molecular complexity index is 1060. The summed E-state index contributed by atoms with van der Waals surface area (Å²) in [6.07, 6.45) is 9.45. The fraction of sp³-hybridized carbons (Fsp3) is 0.741. The molecule has 0 aromatic carbocycles. The summed E-state index contributed by atoms with van der Waals surface area (Å²) in [7, 11) is 0. The number of halogens is 1. The Kier molecular flexibility index (Phi) is 9.87. The number of nitrogens with zero attached hydrogens (tertiary/aromatic N) is 7. The number of hydrogen-bond donors (Lipinski definition) is 1. The van der Waals surface area contributed by atoms with E-state index in [-0.39, 0.29) is 36.3 Å². The number of hydrogen-bond acceptors (Lipinski definition) is 10. The smallest absolute Gasteiger partial charge is 0.324 e. The first-order valence-electron chi connectivity index (χ1n) is 14.2. The van der Waals surface area contributed by atoms with Crippen LogP contribution in [0.5, 0.6) is 6.01 Å². The molecule has 3 aliphatic heterocycles. The molecule has 39 heavy (non-hydrogen) atoms. The average molecular weight is 563 g/mol. The van der Waals surface area contributed by atoms with Gasteiger partial charge in [-0.3, -0.25) is 4.79 Å². The van der Waals surface area contributed by atoms with E-state index >= 15 is 0 Å². The number of carbonyl (C=O) groups excluding carboxylic acids is 1. The average Bonchev–Trinajstić information content (AvgIpc) is 3.57. The molecule has 0 saturated carbocycles. The number of amides is 1. The number of rotatable bonds is 9. The van der Waals surface area contributed by atoms with Crippen LogP contribution in [-0.2, 0) is 4.79 Å². The van der Waals surface area contributed by atoms with Crippen LogP contribution < -0.4 is 20.3 Å². The van der Waals surface area contributed by atoms with Crippen LogP contribution in [0.2, 0.25) is 0 Å². The third-order valence-corrected chi connectivity index (χ3v) is 8.44. The third-order valence-electron chi connectivity index (χ3n) is 8.44. The second kappa shape index (κ2) is 13.1. The Balaban J connectivity index is 0.00000353. The lowest BCUT2D eigenvalue weighted by Crippen LogP contribution is -2.51. The Labute approximate surface area is 237 Å². The van der Waals surface area contributed by atoms with Gasteiger partial charge < -0.3 is 29.7 Å². The van der Waals surface area contributed by atoms with E-state index in [0.717, 1.165) is 69.8 Å². The van der Waals surface area contributed by atoms with Crippen LogP contribution in [0.3, 0.4) is 0 Å². The molecule has 5 heterocycles. The van der Waals surface area contributed by atoms with Gasteiger partial charge in [-0.2, -0.15) is 4.98 Å². The molecule has 0 aliphatic carbocycles. The van der Waals surface area contributed by atoms with Crippen LogP contribution in [0.4, 0.5) is 11.7 Å². The first kappa shape index (κ1) is 29.3. The van der Waals surface area contributed by atoms with Crippen LogP contribution in [0.15, 0.2) is 16.9 Å². The van der Waals surface area contributed by atoms with Crippen molar-refractivity contribution >= 4 is 30.0 Å². The molecule has 2 aromatic heterocycles. The molecule has 0 spiro atoms. The molecule has 1 amide bonds. The molecule has 12 heteroatoms. The van der Waals surface area contributed by atoms with Gasteiger partial charge >= 0.3 is 12.0 Å². The molecule has 3 atom stereocenters. The highest BCUT2D eigenvalue weighted by Crippen LogP contribution is 2.30. The van der Waals surface area contributed by atoms with Gasteiger partial charge in [0.05, 0.1) is 30.7 Å². The SMILES string of the molecule is CC(C)c1noc(N2CCC([C@H](C)CCOc3ncc(N4C[C@H](N)[C@@H](N5CCCCC5=O)C4)cn3)CC2)n1.Cl. The van der Waals surface area contributed by atoms with E-state index in [1.165, 1.54) is 0 Å². The largest absolute Gasteiger partial charge is 0.463 e. The van der Waals surface area contributed by atoms with E-state index in [2.05, 4.69) is 50.7 Å². The minimum Gasteiger partial charge on any atom is -0.463 e. The molecule has 3 saturated heterocycles. The van der Waals surface area contributed by atoms with Gasteiger partial charge in [-0.25, -0.2) is 9.97 Å². The second-order valence-electron chi connectivity index (χ2n) is 11.4. The summed E-state index contributed by atoms with van der Waals surface area (Å²) in [6, 6.07) is 1.04. The number of aromatic nitrogens is 4. The minimum absolute atomic E-state index is 0. The zero-order valence-electron chi connectivity index (χ0n) is 23.4. The van der Waals surface area contributed by atoms with Crippen molar-refractivity contribution in [2.24, 2.45) is 17.6 Å². The fourth-order valence-electron chi connectivity index (χ4n) is 5.90. The van der Waals surface area contributed by atoms with Gasteiger partial charge in [0.15, 0.2) is 5.82 Å². The summed E-state index contributed by atoms with van der Waals surface area (Å²) in [5, 5.41) is 4.09. The van der Waals surface area contributed by atoms with Crippen molar-refractivity contribution in [1.82, 2.24) is 25.0 Å². The quantitative estimate of drug-likeness (QED) is 0.486. The molecule has 216 valence electrons. The number of ether oxygens (including phenoxy) is 1. The standard InChI is InChI=1S/C27H42N8O3.ClH/c1-18(2)25-31-27(38-32-25)33-11-7-20(8-12-33)19(3)9-13-37-26-29-14-21(15-30-26)34-16-22(28)23(17-34)35-10-5-4-6-24(35)36;/h14-15,18-20,22-23H,4-13,16-17,28H2,1-3H3;1H/t19-,22+,23+;/m1./s1. The maximum Gasteiger partial charge on any atom is 0.324 e. The zero-order valence-corrected chi connectivity index (χ0v) is 24.2. The number of likely N-dealkylation sites (tertiary alicyclic amines) is 1. The van der Waals surface area contributed by atoms with Gasteiger partial charge in [0, 0.05) is 51.1 Å². The molecule has 0 bridgehead atoms. The normalized spacial score (nSPS) is 23.3. The number of anilines is 2. The van der Waals surface area contributed by atoms with Crippen LogP contribution in [-0.4, -0.2) is 82.3 Å². The van der Waals surface area contributed by atoms with E-state index in [1.807, 2.05) is 4.90 Å². The molecule has 3 fully saturated rings.